The highest BCUT2D eigenvalue weighted by Gasteiger charge is 2.73. The molecule has 3 nitrogen and oxygen atoms in total. The van der Waals surface area contributed by atoms with E-state index in [1.807, 2.05) is 0 Å². The second-order valence-corrected chi connectivity index (χ2v) is 7.65. The van der Waals surface area contributed by atoms with Crippen LogP contribution in [0.4, 0.5) is 5.69 Å². The first-order chi connectivity index (χ1) is 10.5. The van der Waals surface area contributed by atoms with Gasteiger partial charge in [-0.3, -0.25) is 9.59 Å². The van der Waals surface area contributed by atoms with Gasteiger partial charge in [-0.05, 0) is 48.3 Å². The van der Waals surface area contributed by atoms with Crippen LogP contribution in [-0.4, -0.2) is 11.8 Å². The molecule has 1 aromatic carbocycles. The largest absolute Gasteiger partial charge is 0.274 e. The fourth-order valence-corrected chi connectivity index (χ4v) is 5.25. The number of rotatable bonds is 1. The molecule has 3 fully saturated rings. The van der Waals surface area contributed by atoms with Gasteiger partial charge in [-0.1, -0.05) is 35.4 Å². The Morgan fingerprint density at radius 2 is 1.55 bits per heavy atom. The fraction of sp³-hybridized carbons (Fsp3) is 0.412. The zero-order valence-corrected chi connectivity index (χ0v) is 13.1. The number of halogens is 2. The van der Waals surface area contributed by atoms with Crippen LogP contribution in [0.2, 0.25) is 10.0 Å². The summed E-state index contributed by atoms with van der Waals surface area (Å²) in [5.74, 6) is -0.0228. The molecule has 5 rings (SSSR count). The molecular formula is C17H13Cl2NO2. The Hall–Kier alpha value is -1.32. The van der Waals surface area contributed by atoms with Gasteiger partial charge in [-0.2, -0.15) is 0 Å². The van der Waals surface area contributed by atoms with Crippen molar-refractivity contribution in [2.24, 2.45) is 29.1 Å². The van der Waals surface area contributed by atoms with Gasteiger partial charge in [0, 0.05) is 0 Å². The smallest absolute Gasteiger partial charge is 0.238 e. The van der Waals surface area contributed by atoms with Crippen LogP contribution >= 0.6 is 23.2 Å². The van der Waals surface area contributed by atoms with E-state index in [9.17, 15) is 9.59 Å². The number of hydrogen-bond donors (Lipinski definition) is 0. The van der Waals surface area contributed by atoms with E-state index in [4.69, 9.17) is 23.2 Å². The van der Waals surface area contributed by atoms with Crippen LogP contribution in [0.5, 0.6) is 0 Å². The van der Waals surface area contributed by atoms with E-state index in [0.29, 0.717) is 15.7 Å². The SMILES string of the molecule is O=C1[C@@H]2[C@@H](C(=O)N1c1ccc(Cl)c(Cl)c1)[C@@H]1C=C[C@@H]2C12CC2. The van der Waals surface area contributed by atoms with Gasteiger partial charge in [0.1, 0.15) is 0 Å². The summed E-state index contributed by atoms with van der Waals surface area (Å²) in [4.78, 5) is 27.1. The number of benzene rings is 1. The highest BCUT2D eigenvalue weighted by atomic mass is 35.5. The Morgan fingerprint density at radius 3 is 2.05 bits per heavy atom. The van der Waals surface area contributed by atoms with Gasteiger partial charge < -0.3 is 0 Å². The molecule has 1 saturated heterocycles. The van der Waals surface area contributed by atoms with Crippen molar-refractivity contribution >= 4 is 40.7 Å². The van der Waals surface area contributed by atoms with Crippen molar-refractivity contribution in [3.05, 3.63) is 40.4 Å². The highest BCUT2D eigenvalue weighted by Crippen LogP contribution is 2.73. The molecule has 112 valence electrons. The van der Waals surface area contributed by atoms with Crippen LogP contribution in [0, 0.1) is 29.1 Å². The van der Waals surface area contributed by atoms with Crippen molar-refractivity contribution in [1.29, 1.82) is 0 Å². The fourth-order valence-electron chi connectivity index (χ4n) is 4.96. The minimum absolute atomic E-state index is 0.0727. The predicted molar refractivity (Wildman–Crippen MR) is 83.7 cm³/mol. The van der Waals surface area contributed by atoms with Crippen LogP contribution in [0.1, 0.15) is 12.8 Å². The van der Waals surface area contributed by atoms with Gasteiger partial charge in [-0.25, -0.2) is 4.90 Å². The lowest BCUT2D eigenvalue weighted by Crippen LogP contribution is -2.34. The zero-order chi connectivity index (χ0) is 15.2. The number of nitrogens with zero attached hydrogens (tertiary/aromatic N) is 1. The first-order valence-electron chi connectivity index (χ1n) is 7.56. The van der Waals surface area contributed by atoms with Gasteiger partial charge >= 0.3 is 0 Å². The molecule has 4 atom stereocenters. The average Bonchev–Trinajstić information content (AvgIpc) is 3.08. The third-order valence-corrected chi connectivity index (χ3v) is 6.75. The summed E-state index contributed by atoms with van der Waals surface area (Å²) >= 11 is 12.0. The minimum Gasteiger partial charge on any atom is -0.274 e. The number of anilines is 1. The molecule has 0 aromatic heterocycles. The molecule has 0 N–H and O–H groups in total. The summed E-state index contributed by atoms with van der Waals surface area (Å²) in [6.45, 7) is 0. The molecule has 2 bridgehead atoms. The van der Waals surface area contributed by atoms with Crippen LogP contribution in [0.15, 0.2) is 30.4 Å². The summed E-state index contributed by atoms with van der Waals surface area (Å²) in [6, 6.07) is 4.92. The van der Waals surface area contributed by atoms with Crippen molar-refractivity contribution in [1.82, 2.24) is 0 Å². The number of carbonyl (C=O) groups excluding carboxylic acids is 2. The van der Waals surface area contributed by atoms with E-state index < -0.39 is 0 Å². The number of fused-ring (bicyclic) bond motifs is 3. The summed E-state index contributed by atoms with van der Waals surface area (Å²) in [6.07, 6.45) is 6.63. The summed E-state index contributed by atoms with van der Waals surface area (Å²) in [5, 5.41) is 0.778. The molecule has 0 radical (unpaired) electrons. The van der Waals surface area contributed by atoms with E-state index in [1.165, 1.54) is 4.90 Å². The monoisotopic (exact) mass is 333 g/mol. The number of hydrogen-bond acceptors (Lipinski definition) is 2. The molecule has 2 amide bonds. The average molecular weight is 334 g/mol. The summed E-state index contributed by atoms with van der Waals surface area (Å²) < 4.78 is 0. The Balaban J connectivity index is 1.57. The molecule has 4 aliphatic rings. The Labute approximate surface area is 137 Å². The van der Waals surface area contributed by atoms with Crippen molar-refractivity contribution in [3.8, 4) is 0 Å². The molecule has 1 heterocycles. The normalized spacial score (nSPS) is 36.5. The van der Waals surface area contributed by atoms with E-state index in [0.717, 1.165) is 12.8 Å². The van der Waals surface area contributed by atoms with Crippen LogP contribution in [-0.2, 0) is 9.59 Å². The van der Waals surface area contributed by atoms with Crippen molar-refractivity contribution < 1.29 is 9.59 Å². The number of imide groups is 1. The van der Waals surface area contributed by atoms with E-state index in [2.05, 4.69) is 12.2 Å². The maximum absolute atomic E-state index is 12.9. The lowest BCUT2D eigenvalue weighted by molar-refractivity contribution is -0.123. The Bertz CT molecular complexity index is 734. The van der Waals surface area contributed by atoms with Crippen molar-refractivity contribution in [3.63, 3.8) is 0 Å². The third-order valence-electron chi connectivity index (χ3n) is 6.01. The van der Waals surface area contributed by atoms with E-state index in [1.54, 1.807) is 18.2 Å². The van der Waals surface area contributed by atoms with E-state index >= 15 is 0 Å². The van der Waals surface area contributed by atoms with Crippen LogP contribution in [0.3, 0.4) is 0 Å². The second kappa shape index (κ2) is 3.95. The van der Waals surface area contributed by atoms with Gasteiger partial charge in [-0.15, -0.1) is 0 Å². The predicted octanol–water partition coefficient (Wildman–Crippen LogP) is 3.70. The minimum atomic E-state index is -0.181. The summed E-state index contributed by atoms with van der Waals surface area (Å²) in [7, 11) is 0. The van der Waals surface area contributed by atoms with Gasteiger partial charge in [0.05, 0.1) is 27.6 Å². The van der Waals surface area contributed by atoms with Crippen molar-refractivity contribution in [2.75, 3.05) is 4.90 Å². The lowest BCUT2D eigenvalue weighted by Gasteiger charge is -2.22. The number of amides is 2. The topological polar surface area (TPSA) is 37.4 Å². The first-order valence-corrected chi connectivity index (χ1v) is 8.31. The Kier molecular flexibility index (Phi) is 2.36. The van der Waals surface area contributed by atoms with Crippen molar-refractivity contribution in [2.45, 2.75) is 12.8 Å². The quantitative estimate of drug-likeness (QED) is 0.580. The number of allylic oxidation sites excluding steroid dienone is 2. The molecule has 0 unspecified atom stereocenters. The lowest BCUT2D eigenvalue weighted by atomic mass is 9.85. The number of carbonyl (C=O) groups is 2. The van der Waals surface area contributed by atoms with Gasteiger partial charge in [0.15, 0.2) is 0 Å². The molecule has 22 heavy (non-hydrogen) atoms. The molecule has 1 aromatic rings. The van der Waals surface area contributed by atoms with Gasteiger partial charge in [0.25, 0.3) is 0 Å². The molecule has 5 heteroatoms. The van der Waals surface area contributed by atoms with Crippen LogP contribution in [0.25, 0.3) is 0 Å². The zero-order valence-electron chi connectivity index (χ0n) is 11.6. The van der Waals surface area contributed by atoms with E-state index in [-0.39, 0.29) is 40.9 Å². The van der Waals surface area contributed by atoms with Crippen LogP contribution < -0.4 is 4.90 Å². The third kappa shape index (κ3) is 1.35. The molecule has 3 aliphatic carbocycles. The molecule has 1 aliphatic heterocycles. The molecule has 1 spiro atoms. The highest BCUT2D eigenvalue weighted by molar-refractivity contribution is 6.42. The standard InChI is InChI=1S/C17H13Cl2NO2/c18-11-4-1-8(7-12(11)19)20-15(21)13-9-2-3-10(14(13)16(20)22)17(9)5-6-17/h1-4,7,9-10,13-14H,5-6H2/t9-,10-,13-,14-/m0/s1. The molecule has 2 saturated carbocycles. The Morgan fingerprint density at radius 1 is 0.955 bits per heavy atom. The first kappa shape index (κ1) is 13.1. The summed E-state index contributed by atoms with van der Waals surface area (Å²) in [5.41, 5.74) is 0.757. The molecular weight excluding hydrogens is 321 g/mol. The maximum atomic E-state index is 12.9. The second-order valence-electron chi connectivity index (χ2n) is 6.83. The maximum Gasteiger partial charge on any atom is 0.238 e. The van der Waals surface area contributed by atoms with Gasteiger partial charge in [0.2, 0.25) is 11.8 Å².